The number of nitrogen functional groups attached to an aromatic ring is 1. The first-order valence-corrected chi connectivity index (χ1v) is 5.86. The summed E-state index contributed by atoms with van der Waals surface area (Å²) in [5.41, 5.74) is 8.57. The van der Waals surface area contributed by atoms with Gasteiger partial charge in [0.1, 0.15) is 5.52 Å². The first-order valence-electron chi connectivity index (χ1n) is 5.86. The number of nitrogens with two attached hydrogens (primary N) is 1. The Labute approximate surface area is 99.2 Å². The molecule has 0 spiro atoms. The molecule has 0 aliphatic heterocycles. The fourth-order valence-corrected chi connectivity index (χ4v) is 2.32. The molecule has 0 unspecified atom stereocenters. The van der Waals surface area contributed by atoms with Gasteiger partial charge in [-0.05, 0) is 23.4 Å². The average molecular weight is 226 g/mol. The molecule has 0 aliphatic carbocycles. The molecule has 0 fully saturated rings. The standard InChI is InChI=1S/C14H14N2O/c1-2-5-9-8-12-13(16-14(15)17-12)11-7-4-3-6-10(9)11/h3-4,6-8H,2,5H2,1H3,(H2,15,16). The largest absolute Gasteiger partial charge is 0.424 e. The maximum Gasteiger partial charge on any atom is 0.293 e. The van der Waals surface area contributed by atoms with E-state index in [1.165, 1.54) is 10.9 Å². The van der Waals surface area contributed by atoms with Crippen LogP contribution in [0.15, 0.2) is 34.7 Å². The Morgan fingerprint density at radius 1 is 1.24 bits per heavy atom. The van der Waals surface area contributed by atoms with E-state index in [0.717, 1.165) is 29.3 Å². The second kappa shape index (κ2) is 3.77. The molecule has 0 saturated carbocycles. The highest BCUT2D eigenvalue weighted by Gasteiger charge is 2.10. The van der Waals surface area contributed by atoms with Gasteiger partial charge in [0.25, 0.3) is 6.01 Å². The summed E-state index contributed by atoms with van der Waals surface area (Å²) >= 11 is 0. The smallest absolute Gasteiger partial charge is 0.293 e. The van der Waals surface area contributed by atoms with E-state index in [1.807, 2.05) is 6.07 Å². The molecular weight excluding hydrogens is 212 g/mol. The first kappa shape index (κ1) is 10.1. The third-order valence-electron chi connectivity index (χ3n) is 3.02. The lowest BCUT2D eigenvalue weighted by Crippen LogP contribution is -1.87. The van der Waals surface area contributed by atoms with Crippen molar-refractivity contribution < 1.29 is 4.42 Å². The van der Waals surface area contributed by atoms with Crippen molar-refractivity contribution in [2.75, 3.05) is 5.73 Å². The molecule has 0 radical (unpaired) electrons. The zero-order valence-corrected chi connectivity index (χ0v) is 9.73. The first-order chi connectivity index (χ1) is 8.29. The van der Waals surface area contributed by atoms with E-state index >= 15 is 0 Å². The third kappa shape index (κ3) is 1.55. The van der Waals surface area contributed by atoms with Gasteiger partial charge in [-0.15, -0.1) is 0 Å². The van der Waals surface area contributed by atoms with Crippen LogP contribution in [-0.2, 0) is 6.42 Å². The van der Waals surface area contributed by atoms with Gasteiger partial charge in [-0.2, -0.15) is 4.98 Å². The van der Waals surface area contributed by atoms with Crippen molar-refractivity contribution >= 4 is 27.9 Å². The minimum Gasteiger partial charge on any atom is -0.424 e. The van der Waals surface area contributed by atoms with E-state index in [1.54, 1.807) is 0 Å². The number of aryl methyl sites for hydroxylation is 1. The summed E-state index contributed by atoms with van der Waals surface area (Å²) in [5, 5.41) is 2.36. The lowest BCUT2D eigenvalue weighted by Gasteiger charge is -2.05. The average Bonchev–Trinajstić information content (AvgIpc) is 2.70. The van der Waals surface area contributed by atoms with Crippen LogP contribution in [0.5, 0.6) is 0 Å². The van der Waals surface area contributed by atoms with Gasteiger partial charge in [0, 0.05) is 5.39 Å². The SMILES string of the molecule is CCCc1cc2oc(N)nc2c2ccccc12. The second-order valence-electron chi connectivity index (χ2n) is 4.23. The van der Waals surface area contributed by atoms with Crippen LogP contribution in [0.25, 0.3) is 21.9 Å². The Balaban J connectivity index is 2.45. The lowest BCUT2D eigenvalue weighted by molar-refractivity contribution is 0.626. The molecule has 0 amide bonds. The minimum atomic E-state index is 0.235. The molecule has 3 aromatic rings. The summed E-state index contributed by atoms with van der Waals surface area (Å²) in [6.45, 7) is 2.17. The van der Waals surface area contributed by atoms with Crippen molar-refractivity contribution in [1.82, 2.24) is 4.98 Å². The molecule has 0 aliphatic rings. The number of anilines is 1. The number of benzene rings is 2. The van der Waals surface area contributed by atoms with Crippen LogP contribution in [0, 0.1) is 0 Å². The van der Waals surface area contributed by atoms with Gasteiger partial charge in [0.05, 0.1) is 0 Å². The molecule has 1 heterocycles. The zero-order chi connectivity index (χ0) is 11.8. The van der Waals surface area contributed by atoms with E-state index < -0.39 is 0 Å². The van der Waals surface area contributed by atoms with E-state index in [-0.39, 0.29) is 6.01 Å². The third-order valence-corrected chi connectivity index (χ3v) is 3.02. The highest BCUT2D eigenvalue weighted by atomic mass is 16.4. The second-order valence-corrected chi connectivity index (χ2v) is 4.23. The van der Waals surface area contributed by atoms with E-state index in [9.17, 15) is 0 Å². The van der Waals surface area contributed by atoms with Crippen molar-refractivity contribution in [3.8, 4) is 0 Å². The van der Waals surface area contributed by atoms with Crippen LogP contribution in [0.4, 0.5) is 6.01 Å². The topological polar surface area (TPSA) is 52.0 Å². The van der Waals surface area contributed by atoms with Crippen LogP contribution in [0.1, 0.15) is 18.9 Å². The van der Waals surface area contributed by atoms with Gasteiger partial charge >= 0.3 is 0 Å². The number of aromatic nitrogens is 1. The quantitative estimate of drug-likeness (QED) is 0.727. The van der Waals surface area contributed by atoms with Crippen molar-refractivity contribution in [3.63, 3.8) is 0 Å². The number of hydrogen-bond acceptors (Lipinski definition) is 3. The molecule has 0 atom stereocenters. The van der Waals surface area contributed by atoms with Crippen molar-refractivity contribution in [1.29, 1.82) is 0 Å². The monoisotopic (exact) mass is 226 g/mol. The molecule has 3 nitrogen and oxygen atoms in total. The molecule has 2 aromatic carbocycles. The maximum atomic E-state index is 5.63. The molecule has 86 valence electrons. The molecular formula is C14H14N2O. The summed E-state index contributed by atoms with van der Waals surface area (Å²) in [6, 6.07) is 10.6. The summed E-state index contributed by atoms with van der Waals surface area (Å²) in [6.07, 6.45) is 2.15. The van der Waals surface area contributed by atoms with Crippen molar-refractivity contribution in [3.05, 3.63) is 35.9 Å². The zero-order valence-electron chi connectivity index (χ0n) is 9.73. The molecule has 0 saturated heterocycles. The Morgan fingerprint density at radius 2 is 2.00 bits per heavy atom. The summed E-state index contributed by atoms with van der Waals surface area (Å²) < 4.78 is 5.43. The minimum absolute atomic E-state index is 0.235. The van der Waals surface area contributed by atoms with Crippen LogP contribution >= 0.6 is 0 Å². The predicted octanol–water partition coefficient (Wildman–Crippen LogP) is 3.52. The summed E-state index contributed by atoms with van der Waals surface area (Å²) in [5.74, 6) is 0. The van der Waals surface area contributed by atoms with Crippen LogP contribution in [-0.4, -0.2) is 4.98 Å². The number of oxazole rings is 1. The van der Waals surface area contributed by atoms with Gasteiger partial charge < -0.3 is 10.2 Å². The van der Waals surface area contributed by atoms with E-state index in [2.05, 4.69) is 36.2 Å². The molecule has 2 N–H and O–H groups in total. The number of rotatable bonds is 2. The Bertz CT molecular complexity index is 685. The van der Waals surface area contributed by atoms with E-state index in [4.69, 9.17) is 10.2 Å². The van der Waals surface area contributed by atoms with Crippen LogP contribution in [0.2, 0.25) is 0 Å². The molecule has 3 heteroatoms. The molecule has 1 aromatic heterocycles. The Kier molecular flexibility index (Phi) is 2.25. The fraction of sp³-hybridized carbons (Fsp3) is 0.214. The maximum absolute atomic E-state index is 5.63. The van der Waals surface area contributed by atoms with Gasteiger partial charge in [-0.1, -0.05) is 37.6 Å². The van der Waals surface area contributed by atoms with Gasteiger partial charge in [-0.3, -0.25) is 0 Å². The lowest BCUT2D eigenvalue weighted by atomic mass is 10.00. The highest BCUT2D eigenvalue weighted by Crippen LogP contribution is 2.30. The van der Waals surface area contributed by atoms with Crippen molar-refractivity contribution in [2.24, 2.45) is 0 Å². The van der Waals surface area contributed by atoms with Crippen molar-refractivity contribution in [2.45, 2.75) is 19.8 Å². The Morgan fingerprint density at radius 3 is 2.76 bits per heavy atom. The van der Waals surface area contributed by atoms with Gasteiger partial charge in [0.15, 0.2) is 5.58 Å². The molecule has 17 heavy (non-hydrogen) atoms. The highest BCUT2D eigenvalue weighted by molar-refractivity contribution is 6.05. The van der Waals surface area contributed by atoms with Crippen LogP contribution < -0.4 is 5.73 Å². The fourth-order valence-electron chi connectivity index (χ4n) is 2.32. The van der Waals surface area contributed by atoms with Crippen LogP contribution in [0.3, 0.4) is 0 Å². The normalized spacial score (nSPS) is 11.4. The number of fused-ring (bicyclic) bond motifs is 3. The van der Waals surface area contributed by atoms with Gasteiger partial charge in [0.2, 0.25) is 0 Å². The molecule has 3 rings (SSSR count). The number of nitrogens with zero attached hydrogens (tertiary/aromatic N) is 1. The van der Waals surface area contributed by atoms with E-state index in [0.29, 0.717) is 0 Å². The Hall–Kier alpha value is -2.03. The summed E-state index contributed by atoms with van der Waals surface area (Å²) in [7, 11) is 0. The number of hydrogen-bond donors (Lipinski definition) is 1. The van der Waals surface area contributed by atoms with Gasteiger partial charge in [-0.25, -0.2) is 0 Å². The molecule has 0 bridgehead atoms. The predicted molar refractivity (Wildman–Crippen MR) is 69.9 cm³/mol. The summed E-state index contributed by atoms with van der Waals surface area (Å²) in [4.78, 5) is 4.25.